The van der Waals surface area contributed by atoms with Crippen molar-refractivity contribution in [3.05, 3.63) is 60.0 Å². The van der Waals surface area contributed by atoms with Crippen LogP contribution >= 0.6 is 0 Å². The zero-order valence-corrected chi connectivity index (χ0v) is 13.7. The third kappa shape index (κ3) is 3.48. The van der Waals surface area contributed by atoms with Crippen molar-refractivity contribution >= 4 is 17.2 Å². The quantitative estimate of drug-likeness (QED) is 0.730. The minimum absolute atomic E-state index is 0.102. The molecule has 0 bridgehead atoms. The second kappa shape index (κ2) is 7.04. The van der Waals surface area contributed by atoms with Gasteiger partial charge in [-0.3, -0.25) is 4.79 Å². The van der Waals surface area contributed by atoms with Gasteiger partial charge >= 0.3 is 0 Å². The number of nitrogens with zero attached hydrogens (tertiary/aromatic N) is 2. The fourth-order valence-corrected chi connectivity index (χ4v) is 2.50. The molecule has 124 valence electrons. The van der Waals surface area contributed by atoms with Crippen molar-refractivity contribution in [3.63, 3.8) is 0 Å². The molecule has 0 spiro atoms. The van der Waals surface area contributed by atoms with E-state index in [4.69, 9.17) is 4.74 Å². The van der Waals surface area contributed by atoms with E-state index >= 15 is 0 Å². The molecule has 2 N–H and O–H groups in total. The van der Waals surface area contributed by atoms with Gasteiger partial charge < -0.3 is 19.8 Å². The normalized spacial score (nSPS) is 10.6. The number of methoxy groups -OCH3 is 1. The minimum atomic E-state index is -0.102. The van der Waals surface area contributed by atoms with Gasteiger partial charge in [-0.2, -0.15) is 0 Å². The highest BCUT2D eigenvalue weighted by Crippen LogP contribution is 2.22. The highest BCUT2D eigenvalue weighted by atomic mass is 16.5. The molecule has 0 aliphatic rings. The van der Waals surface area contributed by atoms with Crippen LogP contribution in [0.5, 0.6) is 5.75 Å². The number of aromatic nitrogens is 2. The molecule has 2 heterocycles. The van der Waals surface area contributed by atoms with Crippen molar-refractivity contribution in [1.29, 1.82) is 0 Å². The molecular formula is C18H20N4O2. The summed E-state index contributed by atoms with van der Waals surface area (Å²) in [5.41, 5.74) is 3.61. The Morgan fingerprint density at radius 3 is 2.83 bits per heavy atom. The number of anilines is 1. The molecule has 6 nitrogen and oxygen atoms in total. The number of hydrogen-bond donors (Lipinski definition) is 2. The average Bonchev–Trinajstić information content (AvgIpc) is 3.03. The van der Waals surface area contributed by atoms with Gasteiger partial charge in [0.2, 0.25) is 5.91 Å². The van der Waals surface area contributed by atoms with Gasteiger partial charge in [0.1, 0.15) is 11.4 Å². The van der Waals surface area contributed by atoms with E-state index in [-0.39, 0.29) is 12.5 Å². The van der Waals surface area contributed by atoms with Gasteiger partial charge in [-0.05, 0) is 31.2 Å². The average molecular weight is 324 g/mol. The molecule has 0 saturated heterocycles. The highest BCUT2D eigenvalue weighted by molar-refractivity contribution is 5.81. The van der Waals surface area contributed by atoms with Crippen LogP contribution in [-0.2, 0) is 11.3 Å². The molecule has 0 fully saturated rings. The number of carbonyl (C=O) groups excluding carboxylic acids is 1. The maximum Gasteiger partial charge on any atom is 0.239 e. The van der Waals surface area contributed by atoms with Gasteiger partial charge in [0, 0.05) is 11.9 Å². The molecule has 3 aromatic rings. The molecule has 0 saturated carbocycles. The fourth-order valence-electron chi connectivity index (χ4n) is 2.50. The predicted molar refractivity (Wildman–Crippen MR) is 93.3 cm³/mol. The number of para-hydroxylation sites is 2. The Balaban J connectivity index is 1.56. The van der Waals surface area contributed by atoms with E-state index in [1.54, 1.807) is 7.11 Å². The maximum atomic E-state index is 12.0. The standard InChI is InChI=1S/C18H20N4O2/c1-13-6-5-9-17-21-14(12-22(13)17)10-20-18(23)11-19-15-7-3-4-8-16(15)24-2/h3-9,12,19H,10-11H2,1-2H3,(H,20,23). The van der Waals surface area contributed by atoms with Crippen molar-refractivity contribution in [2.75, 3.05) is 19.0 Å². The first-order chi connectivity index (χ1) is 11.7. The van der Waals surface area contributed by atoms with Crippen molar-refractivity contribution < 1.29 is 9.53 Å². The zero-order valence-electron chi connectivity index (χ0n) is 13.7. The second-order valence-corrected chi connectivity index (χ2v) is 5.46. The third-order valence-corrected chi connectivity index (χ3v) is 3.76. The van der Waals surface area contributed by atoms with Crippen molar-refractivity contribution in [2.24, 2.45) is 0 Å². The lowest BCUT2D eigenvalue weighted by molar-refractivity contribution is -0.119. The van der Waals surface area contributed by atoms with Crippen molar-refractivity contribution in [1.82, 2.24) is 14.7 Å². The molecule has 0 aliphatic heterocycles. The topological polar surface area (TPSA) is 67.7 Å². The van der Waals surface area contributed by atoms with Gasteiger partial charge in [-0.25, -0.2) is 4.98 Å². The van der Waals surface area contributed by atoms with Gasteiger partial charge in [0.15, 0.2) is 0 Å². The highest BCUT2D eigenvalue weighted by Gasteiger charge is 2.07. The van der Waals surface area contributed by atoms with Crippen LogP contribution in [0.25, 0.3) is 5.65 Å². The molecule has 0 atom stereocenters. The number of hydrogen-bond acceptors (Lipinski definition) is 4. The number of pyridine rings is 1. The van der Waals surface area contributed by atoms with Crippen LogP contribution < -0.4 is 15.4 Å². The fraction of sp³-hybridized carbons (Fsp3) is 0.222. The number of benzene rings is 1. The van der Waals surface area contributed by atoms with E-state index in [1.807, 2.05) is 60.0 Å². The van der Waals surface area contributed by atoms with Crippen LogP contribution in [0, 0.1) is 6.92 Å². The van der Waals surface area contributed by atoms with Crippen LogP contribution in [0.1, 0.15) is 11.4 Å². The number of ether oxygens (including phenoxy) is 1. The zero-order chi connectivity index (χ0) is 16.9. The Bertz CT molecular complexity index is 857. The Kier molecular flexibility index (Phi) is 4.65. The summed E-state index contributed by atoms with van der Waals surface area (Å²) in [6.07, 6.45) is 1.94. The number of nitrogens with one attached hydrogen (secondary N) is 2. The summed E-state index contributed by atoms with van der Waals surface area (Å²) in [6.45, 7) is 2.59. The summed E-state index contributed by atoms with van der Waals surface area (Å²) < 4.78 is 7.25. The molecule has 2 aromatic heterocycles. The van der Waals surface area contributed by atoms with E-state index < -0.39 is 0 Å². The molecule has 0 unspecified atom stereocenters. The van der Waals surface area contributed by atoms with Crippen LogP contribution in [-0.4, -0.2) is 28.9 Å². The number of aryl methyl sites for hydroxylation is 1. The molecule has 3 rings (SSSR count). The number of imidazole rings is 1. The summed E-state index contributed by atoms with van der Waals surface area (Å²) in [5, 5.41) is 5.94. The first-order valence-electron chi connectivity index (χ1n) is 7.74. The lowest BCUT2D eigenvalue weighted by Gasteiger charge is -2.10. The maximum absolute atomic E-state index is 12.0. The SMILES string of the molecule is COc1ccccc1NCC(=O)NCc1cn2c(C)cccc2n1. The first kappa shape index (κ1) is 15.9. The largest absolute Gasteiger partial charge is 0.495 e. The van der Waals surface area contributed by atoms with Gasteiger partial charge in [0.25, 0.3) is 0 Å². The van der Waals surface area contributed by atoms with Crippen LogP contribution in [0.4, 0.5) is 5.69 Å². The summed E-state index contributed by atoms with van der Waals surface area (Å²) in [4.78, 5) is 16.5. The van der Waals surface area contributed by atoms with Gasteiger partial charge in [-0.1, -0.05) is 18.2 Å². The minimum Gasteiger partial charge on any atom is -0.495 e. The molecule has 0 aliphatic carbocycles. The number of amides is 1. The summed E-state index contributed by atoms with van der Waals surface area (Å²) in [7, 11) is 1.60. The lowest BCUT2D eigenvalue weighted by atomic mass is 10.3. The van der Waals surface area contributed by atoms with E-state index in [2.05, 4.69) is 15.6 Å². The Hall–Kier alpha value is -3.02. The molecule has 0 radical (unpaired) electrons. The van der Waals surface area contributed by atoms with E-state index in [0.29, 0.717) is 12.3 Å². The second-order valence-electron chi connectivity index (χ2n) is 5.46. The van der Waals surface area contributed by atoms with Crippen molar-refractivity contribution in [2.45, 2.75) is 13.5 Å². The third-order valence-electron chi connectivity index (χ3n) is 3.76. The van der Waals surface area contributed by atoms with Gasteiger partial charge in [0.05, 0.1) is 31.6 Å². The Labute approximate surface area is 140 Å². The van der Waals surface area contributed by atoms with E-state index in [1.165, 1.54) is 0 Å². The Morgan fingerprint density at radius 1 is 1.21 bits per heavy atom. The molecule has 24 heavy (non-hydrogen) atoms. The van der Waals surface area contributed by atoms with E-state index in [9.17, 15) is 4.79 Å². The number of carbonyl (C=O) groups is 1. The van der Waals surface area contributed by atoms with E-state index in [0.717, 1.165) is 22.7 Å². The molecular weight excluding hydrogens is 304 g/mol. The smallest absolute Gasteiger partial charge is 0.239 e. The monoisotopic (exact) mass is 324 g/mol. The first-order valence-corrected chi connectivity index (χ1v) is 7.74. The molecule has 1 amide bonds. The summed E-state index contributed by atoms with van der Waals surface area (Å²) in [5.74, 6) is 0.607. The van der Waals surface area contributed by atoms with Gasteiger partial charge in [-0.15, -0.1) is 0 Å². The predicted octanol–water partition coefficient (Wildman–Crippen LogP) is 2.38. The molecule has 6 heteroatoms. The summed E-state index contributed by atoms with van der Waals surface area (Å²) >= 11 is 0. The number of fused-ring (bicyclic) bond motifs is 1. The van der Waals surface area contributed by atoms with Crippen LogP contribution in [0.3, 0.4) is 0 Å². The van der Waals surface area contributed by atoms with Crippen LogP contribution in [0.15, 0.2) is 48.7 Å². The summed E-state index contributed by atoms with van der Waals surface area (Å²) in [6, 6.07) is 13.4. The molecule has 1 aromatic carbocycles. The number of rotatable bonds is 6. The van der Waals surface area contributed by atoms with Crippen molar-refractivity contribution in [3.8, 4) is 5.75 Å². The lowest BCUT2D eigenvalue weighted by Crippen LogP contribution is -2.29. The Morgan fingerprint density at radius 2 is 2.04 bits per heavy atom. The van der Waals surface area contributed by atoms with Crippen LogP contribution in [0.2, 0.25) is 0 Å².